The maximum Gasteiger partial charge on any atom is 0.262 e. The van der Waals surface area contributed by atoms with Gasteiger partial charge in [-0.2, -0.15) is 0 Å². The van der Waals surface area contributed by atoms with E-state index in [0.717, 1.165) is 15.7 Å². The van der Waals surface area contributed by atoms with E-state index in [4.69, 9.17) is 17.0 Å². The molecule has 0 saturated carbocycles. The Hall–Kier alpha value is -2.38. The normalized spacial score (nSPS) is 10.2. The summed E-state index contributed by atoms with van der Waals surface area (Å²) >= 11 is 8.49. The van der Waals surface area contributed by atoms with Gasteiger partial charge in [-0.05, 0) is 48.6 Å². The third kappa shape index (κ3) is 5.68. The molecule has 5 nitrogen and oxygen atoms in total. The zero-order valence-corrected chi connectivity index (χ0v) is 15.3. The predicted octanol–water partition coefficient (Wildman–Crippen LogP) is 3.49. The van der Waals surface area contributed by atoms with E-state index in [-0.39, 0.29) is 5.91 Å². The number of nitrogens with one attached hydrogen (secondary N) is 3. The summed E-state index contributed by atoms with van der Waals surface area (Å²) in [5.74, 6) is 0.339. The summed E-state index contributed by atoms with van der Waals surface area (Å²) in [6, 6.07) is 15.0. The van der Waals surface area contributed by atoms with Crippen molar-refractivity contribution in [3.8, 4) is 5.75 Å². The summed E-state index contributed by atoms with van der Waals surface area (Å²) in [6.45, 7) is 0. The molecule has 2 aromatic carbocycles. The van der Waals surface area contributed by atoms with Crippen molar-refractivity contribution in [2.75, 3.05) is 12.4 Å². The van der Waals surface area contributed by atoms with Crippen LogP contribution in [-0.2, 0) is 4.79 Å². The lowest BCUT2D eigenvalue weighted by Gasteiger charge is -2.10. The van der Waals surface area contributed by atoms with Crippen LogP contribution in [-0.4, -0.2) is 18.1 Å². The standard InChI is InChI=1S/C17H16BrN3O2S/c1-23-15-9-8-13(18)11-12(15)7-10-16(22)20-21-17(24)19-14-5-3-2-4-6-14/h2-11H,1H3,(H,20,22)(H2,19,21,24)/b10-7+. The molecule has 0 heterocycles. The number of ether oxygens (including phenoxy) is 1. The molecule has 0 bridgehead atoms. The Morgan fingerprint density at radius 1 is 1.17 bits per heavy atom. The highest BCUT2D eigenvalue weighted by atomic mass is 79.9. The number of hydrazine groups is 1. The molecule has 0 radical (unpaired) electrons. The van der Waals surface area contributed by atoms with Gasteiger partial charge in [0.25, 0.3) is 5.91 Å². The number of thiocarbonyl (C=S) groups is 1. The summed E-state index contributed by atoms with van der Waals surface area (Å²) < 4.78 is 6.14. The third-order valence-corrected chi connectivity index (χ3v) is 3.63. The second-order valence-corrected chi connectivity index (χ2v) is 5.98. The van der Waals surface area contributed by atoms with Crippen LogP contribution in [0.25, 0.3) is 6.08 Å². The van der Waals surface area contributed by atoms with Crippen LogP contribution >= 0.6 is 28.1 Å². The first-order valence-corrected chi connectivity index (χ1v) is 8.22. The minimum absolute atomic E-state index is 0.294. The zero-order valence-electron chi connectivity index (χ0n) is 12.9. The lowest BCUT2D eigenvalue weighted by Crippen LogP contribution is -2.43. The van der Waals surface area contributed by atoms with Gasteiger partial charge in [-0.3, -0.25) is 15.6 Å². The molecular formula is C17H16BrN3O2S. The van der Waals surface area contributed by atoms with Crippen molar-refractivity contribution in [3.63, 3.8) is 0 Å². The minimum atomic E-state index is -0.339. The van der Waals surface area contributed by atoms with Gasteiger partial charge in [0.05, 0.1) is 7.11 Å². The van der Waals surface area contributed by atoms with Crippen molar-refractivity contribution >= 4 is 50.9 Å². The maximum absolute atomic E-state index is 11.9. The highest BCUT2D eigenvalue weighted by molar-refractivity contribution is 9.10. The van der Waals surface area contributed by atoms with Crippen LogP contribution in [0.5, 0.6) is 5.75 Å². The first kappa shape index (κ1) is 18.0. The number of hydrogen-bond acceptors (Lipinski definition) is 3. The minimum Gasteiger partial charge on any atom is -0.496 e. The van der Waals surface area contributed by atoms with Crippen LogP contribution in [0.2, 0.25) is 0 Å². The van der Waals surface area contributed by atoms with E-state index in [1.807, 2.05) is 48.5 Å². The number of para-hydroxylation sites is 1. The molecule has 124 valence electrons. The fourth-order valence-electron chi connectivity index (χ4n) is 1.84. The molecule has 0 aliphatic heterocycles. The molecule has 0 saturated heterocycles. The van der Waals surface area contributed by atoms with Gasteiger partial charge in [0, 0.05) is 21.8 Å². The first-order valence-electron chi connectivity index (χ1n) is 7.02. The Morgan fingerprint density at radius 2 is 1.92 bits per heavy atom. The second-order valence-electron chi connectivity index (χ2n) is 4.65. The Kier molecular flexibility index (Phi) is 6.77. The zero-order chi connectivity index (χ0) is 17.4. The average Bonchev–Trinajstić information content (AvgIpc) is 2.59. The van der Waals surface area contributed by atoms with E-state index in [1.54, 1.807) is 13.2 Å². The SMILES string of the molecule is COc1ccc(Br)cc1/C=C/C(=O)NNC(=S)Nc1ccccc1. The Bertz CT molecular complexity index is 751. The molecule has 0 aromatic heterocycles. The van der Waals surface area contributed by atoms with Gasteiger partial charge in [-0.25, -0.2) is 0 Å². The van der Waals surface area contributed by atoms with E-state index >= 15 is 0 Å². The Morgan fingerprint density at radius 3 is 2.62 bits per heavy atom. The van der Waals surface area contributed by atoms with E-state index in [9.17, 15) is 4.79 Å². The van der Waals surface area contributed by atoms with Crippen LogP contribution in [0.15, 0.2) is 59.1 Å². The van der Waals surface area contributed by atoms with Crippen molar-refractivity contribution in [1.29, 1.82) is 0 Å². The molecular weight excluding hydrogens is 390 g/mol. The van der Waals surface area contributed by atoms with E-state index in [2.05, 4.69) is 32.1 Å². The van der Waals surface area contributed by atoms with Crippen LogP contribution in [0.3, 0.4) is 0 Å². The molecule has 0 unspecified atom stereocenters. The van der Waals surface area contributed by atoms with Crippen LogP contribution in [0.1, 0.15) is 5.56 Å². The molecule has 0 atom stereocenters. The van der Waals surface area contributed by atoms with Gasteiger partial charge in [-0.1, -0.05) is 34.1 Å². The number of benzene rings is 2. The molecule has 1 amide bonds. The number of methoxy groups -OCH3 is 1. The van der Waals surface area contributed by atoms with E-state index in [0.29, 0.717) is 10.9 Å². The number of carbonyl (C=O) groups is 1. The highest BCUT2D eigenvalue weighted by Crippen LogP contribution is 2.23. The fourth-order valence-corrected chi connectivity index (χ4v) is 2.39. The van der Waals surface area contributed by atoms with Gasteiger partial charge >= 0.3 is 0 Å². The Labute approximate surface area is 154 Å². The number of carbonyl (C=O) groups excluding carboxylic acids is 1. The second kappa shape index (κ2) is 9.05. The van der Waals surface area contributed by atoms with Gasteiger partial charge in [0.1, 0.15) is 5.75 Å². The topological polar surface area (TPSA) is 62.4 Å². The first-order chi connectivity index (χ1) is 11.6. The molecule has 0 aliphatic carbocycles. The highest BCUT2D eigenvalue weighted by Gasteiger charge is 2.02. The van der Waals surface area contributed by atoms with Gasteiger partial charge < -0.3 is 10.1 Å². The molecule has 2 aromatic rings. The van der Waals surface area contributed by atoms with Crippen LogP contribution in [0, 0.1) is 0 Å². The average molecular weight is 406 g/mol. The number of halogens is 1. The summed E-state index contributed by atoms with van der Waals surface area (Å²) in [7, 11) is 1.58. The van der Waals surface area contributed by atoms with Crippen molar-refractivity contribution in [2.45, 2.75) is 0 Å². The molecule has 0 aliphatic rings. The maximum atomic E-state index is 11.9. The lowest BCUT2D eigenvalue weighted by molar-refractivity contribution is -0.116. The Balaban J connectivity index is 1.87. The lowest BCUT2D eigenvalue weighted by atomic mass is 10.2. The number of hydrogen-bond donors (Lipinski definition) is 3. The van der Waals surface area contributed by atoms with Crippen molar-refractivity contribution in [3.05, 3.63) is 64.6 Å². The monoisotopic (exact) mass is 405 g/mol. The van der Waals surface area contributed by atoms with Crippen LogP contribution < -0.4 is 20.9 Å². The van der Waals surface area contributed by atoms with Gasteiger partial charge in [0.15, 0.2) is 5.11 Å². The molecule has 3 N–H and O–H groups in total. The molecule has 7 heteroatoms. The molecule has 0 spiro atoms. The van der Waals surface area contributed by atoms with Crippen molar-refractivity contribution in [2.24, 2.45) is 0 Å². The predicted molar refractivity (Wildman–Crippen MR) is 104 cm³/mol. The largest absolute Gasteiger partial charge is 0.496 e. The van der Waals surface area contributed by atoms with Crippen molar-refractivity contribution < 1.29 is 9.53 Å². The molecule has 2 rings (SSSR count). The summed E-state index contributed by atoms with van der Waals surface area (Å²) in [5.41, 5.74) is 6.75. The fraction of sp³-hybridized carbons (Fsp3) is 0.0588. The summed E-state index contributed by atoms with van der Waals surface area (Å²) in [6.07, 6.45) is 3.05. The van der Waals surface area contributed by atoms with E-state index < -0.39 is 0 Å². The molecule has 0 fully saturated rings. The number of amides is 1. The smallest absolute Gasteiger partial charge is 0.262 e. The van der Waals surface area contributed by atoms with E-state index in [1.165, 1.54) is 6.08 Å². The van der Waals surface area contributed by atoms with Crippen LogP contribution in [0.4, 0.5) is 5.69 Å². The van der Waals surface area contributed by atoms with Gasteiger partial charge in [0.2, 0.25) is 0 Å². The van der Waals surface area contributed by atoms with Gasteiger partial charge in [-0.15, -0.1) is 0 Å². The summed E-state index contributed by atoms with van der Waals surface area (Å²) in [4.78, 5) is 11.9. The number of rotatable bonds is 4. The third-order valence-electron chi connectivity index (χ3n) is 2.94. The molecule has 24 heavy (non-hydrogen) atoms. The van der Waals surface area contributed by atoms with Crippen molar-refractivity contribution in [1.82, 2.24) is 10.9 Å². The number of anilines is 1. The summed E-state index contributed by atoms with van der Waals surface area (Å²) in [5, 5.41) is 3.25. The quantitative estimate of drug-likeness (QED) is 0.412.